The van der Waals surface area contributed by atoms with E-state index in [0.29, 0.717) is 28.8 Å². The molecule has 2 unspecified atom stereocenters. The molecule has 1 aromatic carbocycles. The van der Waals surface area contributed by atoms with Gasteiger partial charge in [0.1, 0.15) is 5.69 Å². The number of anilines is 1. The molecule has 2 atom stereocenters. The first kappa shape index (κ1) is 24.3. The number of aryl methyl sites for hydroxylation is 1. The zero-order chi connectivity index (χ0) is 25.4. The van der Waals surface area contributed by atoms with Crippen LogP contribution in [0, 0.1) is 17.8 Å². The maximum Gasteiger partial charge on any atom is 0.229 e. The van der Waals surface area contributed by atoms with Crippen molar-refractivity contribution in [3.05, 3.63) is 46.8 Å². The molecule has 1 aromatic heterocycles. The molecule has 9 nitrogen and oxygen atoms in total. The van der Waals surface area contributed by atoms with Crippen molar-refractivity contribution in [1.82, 2.24) is 14.5 Å². The summed E-state index contributed by atoms with van der Waals surface area (Å²) in [7, 11) is 5.59. The molecule has 0 saturated heterocycles. The average molecular weight is 506 g/mol. The van der Waals surface area contributed by atoms with Crippen LogP contribution in [0.2, 0.25) is 0 Å². The molecular formula is C26H31N7O2S. The lowest BCUT2D eigenvalue weighted by molar-refractivity contribution is -0.119. The number of aromatic nitrogens is 1. The topological polar surface area (TPSA) is 85.9 Å². The average Bonchev–Trinajstić information content (AvgIpc) is 3.64. The summed E-state index contributed by atoms with van der Waals surface area (Å²) in [6.45, 7) is 5.22. The van der Waals surface area contributed by atoms with Gasteiger partial charge in [-0.25, -0.2) is 0 Å². The fraction of sp³-hybridized carbons (Fsp3) is 0.423. The number of rotatable bonds is 7. The van der Waals surface area contributed by atoms with Crippen molar-refractivity contribution in [3.63, 3.8) is 0 Å². The second kappa shape index (κ2) is 9.93. The van der Waals surface area contributed by atoms with Crippen LogP contribution < -0.4 is 10.3 Å². The third kappa shape index (κ3) is 4.82. The van der Waals surface area contributed by atoms with Gasteiger partial charge in [-0.3, -0.25) is 14.6 Å². The van der Waals surface area contributed by atoms with Crippen LogP contribution in [-0.2, 0) is 11.8 Å². The molecule has 1 aliphatic carbocycles. The Bertz CT molecular complexity index is 1340. The summed E-state index contributed by atoms with van der Waals surface area (Å²) in [5.74, 6) is 2.18. The van der Waals surface area contributed by atoms with Gasteiger partial charge in [0, 0.05) is 81.4 Å². The maximum atomic E-state index is 13.4. The van der Waals surface area contributed by atoms with Gasteiger partial charge in [0.05, 0.1) is 11.4 Å². The highest BCUT2D eigenvalue weighted by Crippen LogP contribution is 2.32. The van der Waals surface area contributed by atoms with Crippen LogP contribution >= 0.6 is 11.8 Å². The van der Waals surface area contributed by atoms with E-state index < -0.39 is 0 Å². The van der Waals surface area contributed by atoms with E-state index >= 15 is 0 Å². The lowest BCUT2D eigenvalue weighted by atomic mass is 9.91. The van der Waals surface area contributed by atoms with Crippen molar-refractivity contribution in [2.45, 2.75) is 17.7 Å². The van der Waals surface area contributed by atoms with Crippen molar-refractivity contribution in [2.75, 3.05) is 38.0 Å². The Morgan fingerprint density at radius 3 is 2.75 bits per heavy atom. The predicted octanol–water partition coefficient (Wildman–Crippen LogP) is 3.01. The highest BCUT2D eigenvalue weighted by Gasteiger charge is 2.33. The molecule has 188 valence electrons. The number of amides is 1. The fourth-order valence-electron chi connectivity index (χ4n) is 4.79. The molecule has 1 fully saturated rings. The zero-order valence-corrected chi connectivity index (χ0v) is 21.7. The van der Waals surface area contributed by atoms with Gasteiger partial charge in [-0.15, -0.1) is 16.9 Å². The Hall–Kier alpha value is -3.40. The summed E-state index contributed by atoms with van der Waals surface area (Å²) in [6.07, 6.45) is 9.78. The van der Waals surface area contributed by atoms with Gasteiger partial charge in [0.15, 0.2) is 5.84 Å². The van der Waals surface area contributed by atoms with Gasteiger partial charge in [-0.05, 0) is 37.1 Å². The Balaban J connectivity index is 1.37. The van der Waals surface area contributed by atoms with Crippen LogP contribution in [0.3, 0.4) is 0 Å². The van der Waals surface area contributed by atoms with E-state index in [9.17, 15) is 9.59 Å². The number of carbonyl (C=O) groups excluding carboxylic acids is 1. The Kier molecular flexibility index (Phi) is 6.70. The van der Waals surface area contributed by atoms with Crippen LogP contribution in [0.5, 0.6) is 0 Å². The van der Waals surface area contributed by atoms with Crippen LogP contribution in [0.25, 0.3) is 10.9 Å². The molecule has 10 heteroatoms. The lowest BCUT2D eigenvalue weighted by Crippen LogP contribution is -2.40. The second-order valence-electron chi connectivity index (χ2n) is 9.69. The smallest absolute Gasteiger partial charge is 0.229 e. The normalized spacial score (nSPS) is 22.6. The quantitative estimate of drug-likeness (QED) is 0.328. The van der Waals surface area contributed by atoms with Crippen molar-refractivity contribution in [3.8, 4) is 0 Å². The van der Waals surface area contributed by atoms with Gasteiger partial charge in [-0.1, -0.05) is 6.08 Å². The van der Waals surface area contributed by atoms with Crippen LogP contribution in [0.1, 0.15) is 12.8 Å². The van der Waals surface area contributed by atoms with E-state index in [1.165, 1.54) is 4.90 Å². The first-order chi connectivity index (χ1) is 17.4. The van der Waals surface area contributed by atoms with Gasteiger partial charge < -0.3 is 14.4 Å². The van der Waals surface area contributed by atoms with Crippen LogP contribution in [0.15, 0.2) is 61.5 Å². The van der Waals surface area contributed by atoms with Gasteiger partial charge >= 0.3 is 0 Å². The fourth-order valence-corrected chi connectivity index (χ4v) is 5.70. The van der Waals surface area contributed by atoms with E-state index in [4.69, 9.17) is 0 Å². The zero-order valence-electron chi connectivity index (χ0n) is 20.9. The summed E-state index contributed by atoms with van der Waals surface area (Å²) in [5.41, 5.74) is 1.14. The summed E-state index contributed by atoms with van der Waals surface area (Å²) in [6, 6.07) is 5.93. The number of benzene rings is 1. The molecule has 3 aliphatic rings. The Labute approximate surface area is 214 Å². The molecule has 2 aromatic rings. The van der Waals surface area contributed by atoms with E-state index in [1.54, 1.807) is 25.0 Å². The standard InChI is InChI=1S/C26H31N7O2S/c1-27-29-24-10-7-18(19-12-28-31(3)13-19)14-33(24)16-36-20-8-9-22-21(11-20)25(34)23(15-30(22)2)32(4)26(35)17-5-6-17/h7-12,15,17-19H,1,5-6,13-14,16H2,2-4H3/b29-24-. The first-order valence-corrected chi connectivity index (χ1v) is 13.1. The van der Waals surface area contributed by atoms with E-state index in [1.807, 2.05) is 54.2 Å². The predicted molar refractivity (Wildman–Crippen MR) is 147 cm³/mol. The highest BCUT2D eigenvalue weighted by atomic mass is 32.2. The van der Waals surface area contributed by atoms with E-state index in [-0.39, 0.29) is 17.3 Å². The van der Waals surface area contributed by atoms with Crippen molar-refractivity contribution < 1.29 is 4.79 Å². The minimum atomic E-state index is -0.120. The monoisotopic (exact) mass is 505 g/mol. The van der Waals surface area contributed by atoms with E-state index in [2.05, 4.69) is 33.0 Å². The molecule has 0 radical (unpaired) electrons. The first-order valence-electron chi connectivity index (χ1n) is 12.1. The lowest BCUT2D eigenvalue weighted by Gasteiger charge is -2.32. The molecule has 0 bridgehead atoms. The number of fused-ring (bicyclic) bond motifs is 1. The molecule has 1 saturated carbocycles. The van der Waals surface area contributed by atoms with Crippen LogP contribution in [0.4, 0.5) is 5.69 Å². The number of amidine groups is 1. The number of thioether (sulfide) groups is 1. The Morgan fingerprint density at radius 1 is 1.25 bits per heavy atom. The molecule has 2 aliphatic heterocycles. The van der Waals surface area contributed by atoms with Crippen molar-refractivity contribution >= 4 is 53.0 Å². The van der Waals surface area contributed by atoms with Gasteiger partial charge in [0.25, 0.3) is 0 Å². The molecular weight excluding hydrogens is 474 g/mol. The number of carbonyl (C=O) groups is 1. The molecule has 1 amide bonds. The molecule has 0 N–H and O–H groups in total. The number of pyridine rings is 1. The highest BCUT2D eigenvalue weighted by molar-refractivity contribution is 7.99. The molecule has 5 rings (SSSR count). The minimum Gasteiger partial charge on any atom is -0.348 e. The minimum absolute atomic E-state index is 0.0193. The largest absolute Gasteiger partial charge is 0.348 e. The van der Waals surface area contributed by atoms with Gasteiger partial charge in [0.2, 0.25) is 11.3 Å². The summed E-state index contributed by atoms with van der Waals surface area (Å²) in [5, 5.41) is 14.9. The van der Waals surface area contributed by atoms with Crippen molar-refractivity contribution in [2.24, 2.45) is 40.1 Å². The third-order valence-corrected chi connectivity index (χ3v) is 8.08. The SMILES string of the molecule is C=N/N=C1/C=CC(C2C=NN(C)C2)CN1CSc1ccc2c(c1)c(=O)c(N(C)C(=O)C1CC1)cn2C. The molecule has 3 heterocycles. The summed E-state index contributed by atoms with van der Waals surface area (Å²) < 4.78 is 1.91. The van der Waals surface area contributed by atoms with Crippen molar-refractivity contribution in [1.29, 1.82) is 0 Å². The molecule has 36 heavy (non-hydrogen) atoms. The number of hydrazone groups is 1. The summed E-state index contributed by atoms with van der Waals surface area (Å²) >= 11 is 1.64. The maximum absolute atomic E-state index is 13.4. The third-order valence-electron chi connectivity index (χ3n) is 7.05. The van der Waals surface area contributed by atoms with E-state index in [0.717, 1.165) is 42.2 Å². The number of nitrogens with zero attached hydrogens (tertiary/aromatic N) is 7. The summed E-state index contributed by atoms with van der Waals surface area (Å²) in [4.78, 5) is 30.7. The molecule has 0 spiro atoms. The Morgan fingerprint density at radius 2 is 2.06 bits per heavy atom. The van der Waals surface area contributed by atoms with Gasteiger partial charge in [-0.2, -0.15) is 10.2 Å². The number of hydrogen-bond acceptors (Lipinski definition) is 7. The number of hydrogen-bond donors (Lipinski definition) is 0. The second-order valence-corrected chi connectivity index (χ2v) is 10.7. The van der Waals surface area contributed by atoms with Crippen LogP contribution in [-0.4, -0.2) is 72.2 Å².